The molecule has 0 saturated heterocycles. The SMILES string of the molecule is CC1CCCC(SCc2cccc(N)c2)C1. The summed E-state index contributed by atoms with van der Waals surface area (Å²) in [4.78, 5) is 0. The summed E-state index contributed by atoms with van der Waals surface area (Å²) in [7, 11) is 0. The summed E-state index contributed by atoms with van der Waals surface area (Å²) < 4.78 is 0. The number of rotatable bonds is 3. The number of nitrogen functional groups attached to an aromatic ring is 1. The molecule has 0 radical (unpaired) electrons. The van der Waals surface area contributed by atoms with E-state index in [1.165, 1.54) is 31.2 Å². The van der Waals surface area contributed by atoms with E-state index in [1.54, 1.807) is 0 Å². The van der Waals surface area contributed by atoms with E-state index in [0.29, 0.717) is 0 Å². The van der Waals surface area contributed by atoms with Crippen molar-refractivity contribution < 1.29 is 0 Å². The third kappa shape index (κ3) is 3.44. The average Bonchev–Trinajstić information content (AvgIpc) is 2.27. The summed E-state index contributed by atoms with van der Waals surface area (Å²) in [6.45, 7) is 2.38. The van der Waals surface area contributed by atoms with Crippen LogP contribution < -0.4 is 5.73 Å². The molecule has 2 rings (SSSR count). The fraction of sp³-hybridized carbons (Fsp3) is 0.571. The summed E-state index contributed by atoms with van der Waals surface area (Å²) in [5, 5.41) is 0.866. The molecule has 0 bridgehead atoms. The highest BCUT2D eigenvalue weighted by Gasteiger charge is 2.18. The van der Waals surface area contributed by atoms with Crippen LogP contribution in [0.4, 0.5) is 5.69 Å². The van der Waals surface area contributed by atoms with E-state index < -0.39 is 0 Å². The molecular formula is C14H21NS. The van der Waals surface area contributed by atoms with E-state index in [-0.39, 0.29) is 0 Å². The van der Waals surface area contributed by atoms with Crippen LogP contribution in [-0.4, -0.2) is 5.25 Å². The lowest BCUT2D eigenvalue weighted by atomic mass is 9.91. The Morgan fingerprint density at radius 3 is 3.00 bits per heavy atom. The van der Waals surface area contributed by atoms with Gasteiger partial charge in [-0.05, 0) is 36.5 Å². The molecule has 1 aliphatic rings. The Labute approximate surface area is 103 Å². The Bertz CT molecular complexity index is 337. The van der Waals surface area contributed by atoms with Crippen LogP contribution in [0.5, 0.6) is 0 Å². The maximum Gasteiger partial charge on any atom is 0.0317 e. The summed E-state index contributed by atoms with van der Waals surface area (Å²) in [5.41, 5.74) is 8.03. The van der Waals surface area contributed by atoms with E-state index in [4.69, 9.17) is 5.73 Å². The molecule has 0 aromatic heterocycles. The van der Waals surface area contributed by atoms with Gasteiger partial charge in [0.1, 0.15) is 0 Å². The highest BCUT2D eigenvalue weighted by atomic mass is 32.2. The van der Waals surface area contributed by atoms with Gasteiger partial charge in [-0.25, -0.2) is 0 Å². The molecule has 0 spiro atoms. The first-order valence-electron chi connectivity index (χ1n) is 6.20. The molecule has 2 N–H and O–H groups in total. The lowest BCUT2D eigenvalue weighted by Crippen LogP contribution is -2.15. The second-order valence-corrected chi connectivity index (χ2v) is 6.24. The zero-order valence-corrected chi connectivity index (χ0v) is 10.8. The van der Waals surface area contributed by atoms with Gasteiger partial charge >= 0.3 is 0 Å². The molecule has 1 nitrogen and oxygen atoms in total. The third-order valence-electron chi connectivity index (χ3n) is 3.33. The molecule has 0 heterocycles. The maximum atomic E-state index is 5.78. The summed E-state index contributed by atoms with van der Waals surface area (Å²) >= 11 is 2.11. The number of hydrogen-bond donors (Lipinski definition) is 1. The lowest BCUT2D eigenvalue weighted by molar-refractivity contribution is 0.394. The molecule has 0 aliphatic heterocycles. The van der Waals surface area contributed by atoms with Gasteiger partial charge in [-0.2, -0.15) is 11.8 Å². The number of hydrogen-bond acceptors (Lipinski definition) is 2. The molecule has 1 aromatic carbocycles. The molecule has 0 amide bonds. The fourth-order valence-corrected chi connectivity index (χ4v) is 3.83. The van der Waals surface area contributed by atoms with Gasteiger partial charge in [0, 0.05) is 16.7 Å². The van der Waals surface area contributed by atoms with Gasteiger partial charge in [-0.15, -0.1) is 0 Å². The molecule has 88 valence electrons. The Hall–Kier alpha value is -0.630. The monoisotopic (exact) mass is 235 g/mol. The van der Waals surface area contributed by atoms with Crippen LogP contribution in [0.3, 0.4) is 0 Å². The van der Waals surface area contributed by atoms with Gasteiger partial charge < -0.3 is 5.73 Å². The van der Waals surface area contributed by atoms with Crippen molar-refractivity contribution in [3.63, 3.8) is 0 Å². The van der Waals surface area contributed by atoms with E-state index in [9.17, 15) is 0 Å². The van der Waals surface area contributed by atoms with Gasteiger partial charge in [0.05, 0.1) is 0 Å². The smallest absolute Gasteiger partial charge is 0.0317 e. The Balaban J connectivity index is 1.82. The molecule has 1 aliphatic carbocycles. The Morgan fingerprint density at radius 1 is 1.38 bits per heavy atom. The molecule has 1 fully saturated rings. The predicted molar refractivity (Wildman–Crippen MR) is 73.6 cm³/mol. The van der Waals surface area contributed by atoms with Crippen molar-refractivity contribution in [2.45, 2.75) is 43.6 Å². The number of benzene rings is 1. The zero-order chi connectivity index (χ0) is 11.4. The highest BCUT2D eigenvalue weighted by Crippen LogP contribution is 2.33. The van der Waals surface area contributed by atoms with Crippen LogP contribution in [0.25, 0.3) is 0 Å². The first-order chi connectivity index (χ1) is 7.74. The first kappa shape index (κ1) is 11.8. The quantitative estimate of drug-likeness (QED) is 0.799. The van der Waals surface area contributed by atoms with Crippen molar-refractivity contribution in [2.24, 2.45) is 5.92 Å². The van der Waals surface area contributed by atoms with Crippen LogP contribution >= 0.6 is 11.8 Å². The van der Waals surface area contributed by atoms with Crippen molar-refractivity contribution in [1.82, 2.24) is 0 Å². The van der Waals surface area contributed by atoms with Gasteiger partial charge in [0.2, 0.25) is 0 Å². The van der Waals surface area contributed by atoms with Gasteiger partial charge in [0.25, 0.3) is 0 Å². The van der Waals surface area contributed by atoms with Crippen molar-refractivity contribution in [2.75, 3.05) is 5.73 Å². The number of nitrogens with two attached hydrogens (primary N) is 1. The molecule has 16 heavy (non-hydrogen) atoms. The fourth-order valence-electron chi connectivity index (χ4n) is 2.43. The molecule has 1 aromatic rings. The van der Waals surface area contributed by atoms with Crippen molar-refractivity contribution in [3.05, 3.63) is 29.8 Å². The summed E-state index contributed by atoms with van der Waals surface area (Å²) in [6, 6.07) is 8.28. The average molecular weight is 235 g/mol. The third-order valence-corrected chi connectivity index (χ3v) is 4.72. The van der Waals surface area contributed by atoms with E-state index in [2.05, 4.69) is 36.9 Å². The van der Waals surface area contributed by atoms with E-state index in [0.717, 1.165) is 22.6 Å². The van der Waals surface area contributed by atoms with Crippen LogP contribution in [0.1, 0.15) is 38.2 Å². The second kappa shape index (κ2) is 5.62. The number of thioether (sulfide) groups is 1. The minimum absolute atomic E-state index is 0.866. The molecule has 2 unspecified atom stereocenters. The van der Waals surface area contributed by atoms with E-state index >= 15 is 0 Å². The predicted octanol–water partition coefficient (Wildman–Crippen LogP) is 4.08. The lowest BCUT2D eigenvalue weighted by Gasteiger charge is -2.26. The molecular weight excluding hydrogens is 214 g/mol. The normalized spacial score (nSPS) is 25.6. The van der Waals surface area contributed by atoms with Crippen LogP contribution in [0.15, 0.2) is 24.3 Å². The maximum absolute atomic E-state index is 5.78. The van der Waals surface area contributed by atoms with Crippen molar-refractivity contribution >= 4 is 17.4 Å². The Kier molecular flexibility index (Phi) is 4.16. The minimum Gasteiger partial charge on any atom is -0.399 e. The van der Waals surface area contributed by atoms with Crippen LogP contribution in [-0.2, 0) is 5.75 Å². The molecule has 1 saturated carbocycles. The topological polar surface area (TPSA) is 26.0 Å². The van der Waals surface area contributed by atoms with Crippen molar-refractivity contribution in [3.8, 4) is 0 Å². The Morgan fingerprint density at radius 2 is 2.25 bits per heavy atom. The van der Waals surface area contributed by atoms with E-state index in [1.807, 2.05) is 6.07 Å². The van der Waals surface area contributed by atoms with Gasteiger partial charge in [-0.3, -0.25) is 0 Å². The minimum atomic E-state index is 0.866. The summed E-state index contributed by atoms with van der Waals surface area (Å²) in [5.74, 6) is 2.04. The largest absolute Gasteiger partial charge is 0.399 e. The second-order valence-electron chi connectivity index (χ2n) is 4.95. The van der Waals surface area contributed by atoms with Gasteiger partial charge in [-0.1, -0.05) is 31.9 Å². The van der Waals surface area contributed by atoms with Crippen LogP contribution in [0.2, 0.25) is 0 Å². The molecule has 2 atom stereocenters. The first-order valence-corrected chi connectivity index (χ1v) is 7.25. The van der Waals surface area contributed by atoms with Crippen LogP contribution in [0, 0.1) is 5.92 Å². The zero-order valence-electron chi connectivity index (χ0n) is 9.99. The molecule has 2 heteroatoms. The van der Waals surface area contributed by atoms with Gasteiger partial charge in [0.15, 0.2) is 0 Å². The highest BCUT2D eigenvalue weighted by molar-refractivity contribution is 7.99. The van der Waals surface area contributed by atoms with Crippen molar-refractivity contribution in [1.29, 1.82) is 0 Å². The summed E-state index contributed by atoms with van der Waals surface area (Å²) in [6.07, 6.45) is 5.63. The standard InChI is InChI=1S/C14H21NS/c1-11-4-2-7-14(8-11)16-10-12-5-3-6-13(15)9-12/h3,5-6,9,11,14H,2,4,7-8,10,15H2,1H3. The number of anilines is 1.